The van der Waals surface area contributed by atoms with Crippen LogP contribution in [0.15, 0.2) is 54.9 Å². The Labute approximate surface area is 237 Å². The van der Waals surface area contributed by atoms with Crippen molar-refractivity contribution in [2.24, 2.45) is 7.05 Å². The van der Waals surface area contributed by atoms with Gasteiger partial charge in [-0.1, -0.05) is 42.3 Å². The van der Waals surface area contributed by atoms with Gasteiger partial charge in [0.05, 0.1) is 35.4 Å². The van der Waals surface area contributed by atoms with Gasteiger partial charge >= 0.3 is 5.97 Å². The number of amides is 1. The SMILES string of the molecule is CCOC(=O)c1cnn(-c2cccc(-c3cccc(C(=O)N4CCCCCC4)c3F)c2)c1[C@H]1C[C@@H]1c1cn(C)nn1. The minimum Gasteiger partial charge on any atom is -0.462 e. The van der Waals surface area contributed by atoms with Crippen molar-refractivity contribution in [3.63, 3.8) is 0 Å². The Balaban J connectivity index is 1.35. The molecule has 2 aromatic carbocycles. The lowest BCUT2D eigenvalue weighted by atomic mass is 10.0. The molecule has 1 saturated heterocycles. The van der Waals surface area contributed by atoms with Gasteiger partial charge in [-0.05, 0) is 49.9 Å². The maximum absolute atomic E-state index is 15.9. The molecule has 1 aliphatic carbocycles. The molecule has 1 amide bonds. The van der Waals surface area contributed by atoms with Crippen LogP contribution in [0.4, 0.5) is 4.39 Å². The highest BCUT2D eigenvalue weighted by molar-refractivity contribution is 5.96. The third-order valence-electron chi connectivity index (χ3n) is 7.97. The van der Waals surface area contributed by atoms with E-state index in [2.05, 4.69) is 15.4 Å². The Bertz CT molecular complexity index is 1590. The summed E-state index contributed by atoms with van der Waals surface area (Å²) < 4.78 is 24.6. The van der Waals surface area contributed by atoms with E-state index in [1.54, 1.807) is 39.4 Å². The molecule has 0 N–H and O–H groups in total. The van der Waals surface area contributed by atoms with Crippen molar-refractivity contribution in [3.05, 3.63) is 83.2 Å². The summed E-state index contributed by atoms with van der Waals surface area (Å²) in [6.45, 7) is 3.33. The molecule has 3 heterocycles. The summed E-state index contributed by atoms with van der Waals surface area (Å²) in [7, 11) is 1.82. The van der Waals surface area contributed by atoms with E-state index in [4.69, 9.17) is 4.74 Å². The first-order valence-electron chi connectivity index (χ1n) is 14.3. The number of nitrogens with zero attached hydrogens (tertiary/aromatic N) is 6. The van der Waals surface area contributed by atoms with Crippen molar-refractivity contribution >= 4 is 11.9 Å². The topological polar surface area (TPSA) is 95.1 Å². The number of aromatic nitrogens is 5. The highest BCUT2D eigenvalue weighted by Crippen LogP contribution is 2.55. The fraction of sp³-hybridized carbons (Fsp3) is 0.387. The average Bonchev–Trinajstić information content (AvgIpc) is 3.56. The minimum absolute atomic E-state index is 0.00331. The smallest absolute Gasteiger partial charge is 0.341 e. The van der Waals surface area contributed by atoms with Crippen molar-refractivity contribution in [1.29, 1.82) is 0 Å². The number of benzene rings is 2. The zero-order chi connectivity index (χ0) is 28.5. The van der Waals surface area contributed by atoms with Gasteiger partial charge in [0.15, 0.2) is 0 Å². The van der Waals surface area contributed by atoms with E-state index >= 15 is 4.39 Å². The number of halogens is 1. The fourth-order valence-electron chi connectivity index (χ4n) is 5.82. The van der Waals surface area contributed by atoms with Crippen LogP contribution in [0.1, 0.15) is 83.0 Å². The van der Waals surface area contributed by atoms with Crippen LogP contribution < -0.4 is 0 Å². The zero-order valence-electron chi connectivity index (χ0n) is 23.3. The maximum atomic E-state index is 15.9. The first-order chi connectivity index (χ1) is 20.0. The van der Waals surface area contributed by atoms with Crippen LogP contribution in [0.3, 0.4) is 0 Å². The number of carbonyl (C=O) groups is 2. The van der Waals surface area contributed by atoms with Crippen molar-refractivity contribution in [3.8, 4) is 16.8 Å². The average molecular weight is 557 g/mol. The molecule has 10 heteroatoms. The lowest BCUT2D eigenvalue weighted by Crippen LogP contribution is -2.32. The number of aryl methyl sites for hydroxylation is 1. The van der Waals surface area contributed by atoms with E-state index < -0.39 is 11.8 Å². The molecular formula is C31H33FN6O3. The van der Waals surface area contributed by atoms with Crippen molar-refractivity contribution < 1.29 is 18.7 Å². The monoisotopic (exact) mass is 556 g/mol. The fourth-order valence-corrected chi connectivity index (χ4v) is 5.82. The molecule has 0 bridgehead atoms. The molecule has 2 aliphatic rings. The van der Waals surface area contributed by atoms with Gasteiger partial charge in [-0.15, -0.1) is 5.10 Å². The predicted octanol–water partition coefficient (Wildman–Crippen LogP) is 5.27. The van der Waals surface area contributed by atoms with E-state index in [0.717, 1.165) is 43.5 Å². The molecule has 4 aromatic rings. The second kappa shape index (κ2) is 11.3. The summed E-state index contributed by atoms with van der Waals surface area (Å²) >= 11 is 0. The van der Waals surface area contributed by atoms with Gasteiger partial charge in [-0.2, -0.15) is 5.10 Å². The number of hydrogen-bond donors (Lipinski definition) is 0. The van der Waals surface area contributed by atoms with Gasteiger partial charge < -0.3 is 9.64 Å². The van der Waals surface area contributed by atoms with Crippen LogP contribution in [0.2, 0.25) is 0 Å². The van der Waals surface area contributed by atoms with Crippen molar-refractivity contribution in [2.75, 3.05) is 19.7 Å². The van der Waals surface area contributed by atoms with E-state index in [0.29, 0.717) is 35.5 Å². The van der Waals surface area contributed by atoms with Crippen LogP contribution in [0, 0.1) is 5.82 Å². The van der Waals surface area contributed by atoms with Crippen molar-refractivity contribution in [2.45, 2.75) is 50.9 Å². The minimum atomic E-state index is -0.531. The molecule has 2 atom stereocenters. The summed E-state index contributed by atoms with van der Waals surface area (Å²) in [5.74, 6) is -1.12. The Morgan fingerprint density at radius 1 is 1.02 bits per heavy atom. The number of hydrogen-bond acceptors (Lipinski definition) is 6. The molecule has 0 spiro atoms. The van der Waals surface area contributed by atoms with E-state index in [1.807, 2.05) is 37.5 Å². The Morgan fingerprint density at radius 3 is 2.54 bits per heavy atom. The van der Waals surface area contributed by atoms with Gasteiger partial charge in [0, 0.05) is 43.7 Å². The number of carbonyl (C=O) groups excluding carboxylic acids is 2. The van der Waals surface area contributed by atoms with Gasteiger partial charge in [-0.3, -0.25) is 9.48 Å². The summed E-state index contributed by atoms with van der Waals surface area (Å²) in [6.07, 6.45) is 8.28. The molecule has 1 aliphatic heterocycles. The first kappa shape index (κ1) is 26.9. The third-order valence-corrected chi connectivity index (χ3v) is 7.97. The number of ether oxygens (including phenoxy) is 1. The highest BCUT2D eigenvalue weighted by atomic mass is 19.1. The Morgan fingerprint density at radius 2 is 1.80 bits per heavy atom. The first-order valence-corrected chi connectivity index (χ1v) is 14.3. The van der Waals surface area contributed by atoms with E-state index in [9.17, 15) is 9.59 Å². The molecule has 2 fully saturated rings. The van der Waals surface area contributed by atoms with Gasteiger partial charge in [0.25, 0.3) is 5.91 Å². The van der Waals surface area contributed by atoms with Crippen molar-refractivity contribution in [1.82, 2.24) is 29.7 Å². The van der Waals surface area contributed by atoms with E-state index in [1.165, 1.54) is 6.20 Å². The third kappa shape index (κ3) is 5.26. The second-order valence-corrected chi connectivity index (χ2v) is 10.8. The number of rotatable bonds is 7. The summed E-state index contributed by atoms with van der Waals surface area (Å²) in [5, 5.41) is 12.9. The molecule has 1 saturated carbocycles. The maximum Gasteiger partial charge on any atom is 0.341 e. The summed E-state index contributed by atoms with van der Waals surface area (Å²) in [6, 6.07) is 12.3. The second-order valence-electron chi connectivity index (χ2n) is 10.8. The number of likely N-dealkylation sites (tertiary alicyclic amines) is 1. The lowest BCUT2D eigenvalue weighted by molar-refractivity contribution is 0.0524. The molecular weight excluding hydrogens is 523 g/mol. The standard InChI is InChI=1S/C31H33FN6O3/c1-3-41-31(40)26-18-33-38(29(26)25-17-24(25)27-19-36(2)35-34-27)21-11-8-10-20(16-21)22-12-9-13-23(28(22)32)30(39)37-14-6-4-5-7-15-37/h8-13,16,18-19,24-25H,3-7,14-15,17H2,1-2H3/t24-,25-/m0/s1. The van der Waals surface area contributed by atoms with Crippen LogP contribution >= 0.6 is 0 Å². The molecule has 2 aromatic heterocycles. The largest absolute Gasteiger partial charge is 0.462 e. The van der Waals surface area contributed by atoms with Gasteiger partial charge in [0.1, 0.15) is 11.4 Å². The molecule has 6 rings (SSSR count). The summed E-state index contributed by atoms with van der Waals surface area (Å²) in [5.41, 5.74) is 3.74. The molecule has 0 unspecified atom stereocenters. The van der Waals surface area contributed by atoms with Gasteiger partial charge in [0.2, 0.25) is 0 Å². The quantitative estimate of drug-likeness (QED) is 0.288. The molecule has 212 valence electrons. The Kier molecular flexibility index (Phi) is 7.38. The van der Waals surface area contributed by atoms with Crippen LogP contribution in [0.5, 0.6) is 0 Å². The molecule has 0 radical (unpaired) electrons. The van der Waals surface area contributed by atoms with E-state index in [-0.39, 0.29) is 29.9 Å². The zero-order valence-corrected chi connectivity index (χ0v) is 23.3. The summed E-state index contributed by atoms with van der Waals surface area (Å²) in [4.78, 5) is 27.9. The van der Waals surface area contributed by atoms with Gasteiger partial charge in [-0.25, -0.2) is 13.9 Å². The van der Waals surface area contributed by atoms with Crippen LogP contribution in [-0.2, 0) is 11.8 Å². The highest BCUT2D eigenvalue weighted by Gasteiger charge is 2.46. The molecule has 41 heavy (non-hydrogen) atoms. The predicted molar refractivity (Wildman–Crippen MR) is 150 cm³/mol. The number of esters is 1. The van der Waals surface area contributed by atoms with Crippen LogP contribution in [-0.4, -0.2) is 61.2 Å². The lowest BCUT2D eigenvalue weighted by Gasteiger charge is -2.21. The normalized spacial score (nSPS) is 18.7. The molecule has 9 nitrogen and oxygen atoms in total. The van der Waals surface area contributed by atoms with Crippen LogP contribution in [0.25, 0.3) is 16.8 Å². The Hall–Kier alpha value is -4.34.